The molecular formula is C22H32N4O3. The lowest BCUT2D eigenvalue weighted by Crippen LogP contribution is -2.36. The van der Waals surface area contributed by atoms with Crippen molar-refractivity contribution in [3.63, 3.8) is 0 Å². The van der Waals surface area contributed by atoms with E-state index in [1.165, 1.54) is 0 Å². The summed E-state index contributed by atoms with van der Waals surface area (Å²) in [7, 11) is 1.75. The second kappa shape index (κ2) is 12.6. The van der Waals surface area contributed by atoms with Crippen LogP contribution in [0.5, 0.6) is 11.6 Å². The molecule has 158 valence electrons. The van der Waals surface area contributed by atoms with E-state index >= 15 is 0 Å². The normalized spacial score (nSPS) is 11.2. The van der Waals surface area contributed by atoms with Crippen molar-refractivity contribution in [2.75, 3.05) is 33.5 Å². The van der Waals surface area contributed by atoms with Crippen LogP contribution < -0.4 is 20.1 Å². The zero-order valence-corrected chi connectivity index (χ0v) is 17.8. The van der Waals surface area contributed by atoms with Crippen LogP contribution >= 0.6 is 0 Å². The van der Waals surface area contributed by atoms with Gasteiger partial charge in [-0.1, -0.05) is 18.2 Å². The van der Waals surface area contributed by atoms with E-state index in [-0.39, 0.29) is 0 Å². The Bertz CT molecular complexity index is 780. The average molecular weight is 401 g/mol. The third-order valence-electron chi connectivity index (χ3n) is 4.16. The third-order valence-corrected chi connectivity index (χ3v) is 4.16. The third kappa shape index (κ3) is 7.62. The molecule has 2 aromatic rings. The van der Waals surface area contributed by atoms with Crippen LogP contribution in [0.2, 0.25) is 0 Å². The van der Waals surface area contributed by atoms with Crippen molar-refractivity contribution in [2.24, 2.45) is 4.99 Å². The van der Waals surface area contributed by atoms with E-state index < -0.39 is 0 Å². The topological polar surface area (TPSA) is 77.0 Å². The van der Waals surface area contributed by atoms with Crippen LogP contribution in [0.25, 0.3) is 0 Å². The molecule has 2 rings (SSSR count). The minimum Gasteiger partial charge on any atom is -0.491 e. The molecule has 1 aromatic heterocycles. The summed E-state index contributed by atoms with van der Waals surface area (Å²) in [4.78, 5) is 8.58. The van der Waals surface area contributed by atoms with Gasteiger partial charge in [0.1, 0.15) is 12.4 Å². The highest BCUT2D eigenvalue weighted by molar-refractivity contribution is 5.79. The van der Waals surface area contributed by atoms with Crippen LogP contribution in [0.1, 0.15) is 30.5 Å². The molecule has 29 heavy (non-hydrogen) atoms. The van der Waals surface area contributed by atoms with Crippen LogP contribution in [0, 0.1) is 6.92 Å². The van der Waals surface area contributed by atoms with E-state index in [0.717, 1.165) is 22.4 Å². The zero-order chi connectivity index (χ0) is 20.9. The molecule has 0 spiro atoms. The summed E-state index contributed by atoms with van der Waals surface area (Å²) in [6.45, 7) is 9.50. The van der Waals surface area contributed by atoms with Crippen LogP contribution in [-0.4, -0.2) is 44.4 Å². The number of aryl methyl sites for hydroxylation is 1. The van der Waals surface area contributed by atoms with E-state index in [2.05, 4.69) is 39.7 Å². The molecule has 0 radical (unpaired) electrons. The van der Waals surface area contributed by atoms with Crippen molar-refractivity contribution in [1.29, 1.82) is 0 Å². The molecule has 0 bridgehead atoms. The largest absolute Gasteiger partial charge is 0.491 e. The maximum Gasteiger partial charge on any atom is 0.218 e. The Labute approximate surface area is 173 Å². The summed E-state index contributed by atoms with van der Waals surface area (Å²) in [5.41, 5.74) is 3.20. The Kier molecular flexibility index (Phi) is 9.78. The molecule has 0 amide bonds. The zero-order valence-electron chi connectivity index (χ0n) is 17.8. The van der Waals surface area contributed by atoms with E-state index in [4.69, 9.17) is 14.2 Å². The molecule has 0 saturated carbocycles. The number of nitrogens with zero attached hydrogens (tertiary/aromatic N) is 2. The van der Waals surface area contributed by atoms with Crippen LogP contribution in [0.3, 0.4) is 0 Å². The molecule has 7 nitrogen and oxygen atoms in total. The van der Waals surface area contributed by atoms with Crippen molar-refractivity contribution in [3.8, 4) is 11.6 Å². The van der Waals surface area contributed by atoms with Crippen molar-refractivity contribution in [1.82, 2.24) is 15.6 Å². The van der Waals surface area contributed by atoms with Crippen LogP contribution in [0.4, 0.5) is 0 Å². The Morgan fingerprint density at radius 2 is 1.79 bits per heavy atom. The summed E-state index contributed by atoms with van der Waals surface area (Å²) in [6, 6.07) is 10.1. The van der Waals surface area contributed by atoms with E-state index in [9.17, 15) is 0 Å². The van der Waals surface area contributed by atoms with Gasteiger partial charge in [0, 0.05) is 44.1 Å². The molecule has 0 fully saturated rings. The number of rotatable bonds is 11. The van der Waals surface area contributed by atoms with Gasteiger partial charge in [0.2, 0.25) is 5.88 Å². The Balaban J connectivity index is 1.94. The number of hydrogen-bond donors (Lipinski definition) is 2. The number of aromatic nitrogens is 1. The molecule has 0 aliphatic heterocycles. The molecular weight excluding hydrogens is 368 g/mol. The van der Waals surface area contributed by atoms with E-state index in [0.29, 0.717) is 51.4 Å². The maximum absolute atomic E-state index is 5.91. The van der Waals surface area contributed by atoms with Gasteiger partial charge >= 0.3 is 0 Å². The Hall–Kier alpha value is -2.80. The monoisotopic (exact) mass is 400 g/mol. The Morgan fingerprint density at radius 1 is 1.00 bits per heavy atom. The fourth-order valence-corrected chi connectivity index (χ4v) is 2.70. The first-order valence-electron chi connectivity index (χ1n) is 9.99. The summed E-state index contributed by atoms with van der Waals surface area (Å²) in [6.07, 6.45) is 1.73. The molecule has 1 heterocycles. The van der Waals surface area contributed by atoms with Crippen molar-refractivity contribution in [2.45, 2.75) is 33.9 Å². The van der Waals surface area contributed by atoms with Gasteiger partial charge in [0.05, 0.1) is 13.2 Å². The number of ether oxygens (including phenoxy) is 3. The molecule has 0 unspecified atom stereocenters. The first-order chi connectivity index (χ1) is 14.2. The number of nitrogens with one attached hydrogen (secondary N) is 2. The summed E-state index contributed by atoms with van der Waals surface area (Å²) in [5, 5.41) is 6.64. The maximum atomic E-state index is 5.91. The number of aliphatic imine (C=N–C) groups is 1. The molecule has 1 aromatic carbocycles. The van der Waals surface area contributed by atoms with Crippen molar-refractivity contribution < 1.29 is 14.2 Å². The number of benzene rings is 1. The minimum atomic E-state index is 0.526. The van der Waals surface area contributed by atoms with Crippen LogP contribution in [-0.2, 0) is 17.8 Å². The first-order valence-corrected chi connectivity index (χ1v) is 9.99. The molecule has 7 heteroatoms. The summed E-state index contributed by atoms with van der Waals surface area (Å²) in [5.74, 6) is 2.19. The summed E-state index contributed by atoms with van der Waals surface area (Å²) >= 11 is 0. The predicted molar refractivity (Wildman–Crippen MR) is 116 cm³/mol. The molecule has 0 aliphatic rings. The molecule has 0 atom stereocenters. The lowest BCUT2D eigenvalue weighted by atomic mass is 10.1. The van der Waals surface area contributed by atoms with Gasteiger partial charge < -0.3 is 24.8 Å². The van der Waals surface area contributed by atoms with Crippen molar-refractivity contribution in [3.05, 3.63) is 53.2 Å². The lowest BCUT2D eigenvalue weighted by Gasteiger charge is -2.16. The van der Waals surface area contributed by atoms with E-state index in [1.54, 1.807) is 13.2 Å². The van der Waals surface area contributed by atoms with Gasteiger partial charge in [-0.3, -0.25) is 4.99 Å². The fraction of sp³-hybridized carbons (Fsp3) is 0.455. The SMILES string of the molecule is CCOCCOc1cc(C)ccc1CNC(=NC)NCc1cccnc1OCC. The minimum absolute atomic E-state index is 0.526. The average Bonchev–Trinajstić information content (AvgIpc) is 2.73. The smallest absolute Gasteiger partial charge is 0.218 e. The van der Waals surface area contributed by atoms with Gasteiger partial charge in [-0.25, -0.2) is 4.98 Å². The fourth-order valence-electron chi connectivity index (χ4n) is 2.70. The van der Waals surface area contributed by atoms with Gasteiger partial charge in [-0.05, 0) is 38.5 Å². The van der Waals surface area contributed by atoms with E-state index in [1.807, 2.05) is 32.0 Å². The highest BCUT2D eigenvalue weighted by atomic mass is 16.5. The first kappa shape index (κ1) is 22.5. The van der Waals surface area contributed by atoms with Gasteiger partial charge in [0.25, 0.3) is 0 Å². The molecule has 0 aliphatic carbocycles. The quantitative estimate of drug-likeness (QED) is 0.343. The standard InChI is InChI=1S/C22H32N4O3/c1-5-27-12-13-29-20-14-17(3)9-10-18(20)15-25-22(23-4)26-16-19-8-7-11-24-21(19)28-6-2/h7-11,14H,5-6,12-13,15-16H2,1-4H3,(H2,23,25,26). The molecule has 2 N–H and O–H groups in total. The highest BCUT2D eigenvalue weighted by Gasteiger charge is 2.08. The number of hydrogen-bond acceptors (Lipinski definition) is 5. The Morgan fingerprint density at radius 3 is 2.52 bits per heavy atom. The lowest BCUT2D eigenvalue weighted by molar-refractivity contribution is 0.110. The van der Waals surface area contributed by atoms with Crippen LogP contribution in [0.15, 0.2) is 41.5 Å². The number of guanidine groups is 1. The number of pyridine rings is 1. The second-order valence-electron chi connectivity index (χ2n) is 6.34. The summed E-state index contributed by atoms with van der Waals surface area (Å²) < 4.78 is 16.8. The predicted octanol–water partition coefficient (Wildman–Crippen LogP) is 3.07. The van der Waals surface area contributed by atoms with Crippen molar-refractivity contribution >= 4 is 5.96 Å². The van der Waals surface area contributed by atoms with Gasteiger partial charge in [-0.15, -0.1) is 0 Å². The highest BCUT2D eigenvalue weighted by Crippen LogP contribution is 2.20. The second-order valence-corrected chi connectivity index (χ2v) is 6.34. The van der Waals surface area contributed by atoms with Gasteiger partial charge in [0.15, 0.2) is 5.96 Å². The van der Waals surface area contributed by atoms with Gasteiger partial charge in [-0.2, -0.15) is 0 Å². The molecule has 0 saturated heterocycles.